The zero-order valence-corrected chi connectivity index (χ0v) is 23.7. The van der Waals surface area contributed by atoms with Crippen LogP contribution in [0.2, 0.25) is 0 Å². The molecule has 0 aliphatic carbocycles. The molecule has 11 heteroatoms. The smallest absolute Gasteiger partial charge is 0.227 e. The Morgan fingerprint density at radius 1 is 1.08 bits per heavy atom. The summed E-state index contributed by atoms with van der Waals surface area (Å²) in [5.41, 5.74) is 2.33. The number of sulfone groups is 1. The van der Waals surface area contributed by atoms with Crippen LogP contribution in [0.15, 0.2) is 36.7 Å². The lowest BCUT2D eigenvalue weighted by molar-refractivity contribution is 0.0157. The number of benzene rings is 1. The molecule has 4 heterocycles. The number of hydrogen-bond donors (Lipinski definition) is 2. The molecule has 210 valence electrons. The topological polar surface area (TPSA) is 121 Å². The van der Waals surface area contributed by atoms with Gasteiger partial charge in [0.1, 0.15) is 21.5 Å². The number of aliphatic hydroxyl groups excluding tert-OH is 1. The van der Waals surface area contributed by atoms with E-state index in [0.717, 1.165) is 55.5 Å². The third-order valence-electron chi connectivity index (χ3n) is 7.44. The Bertz CT molecular complexity index is 1400. The molecule has 3 aromatic rings. The highest BCUT2D eigenvalue weighted by atomic mass is 32.2. The van der Waals surface area contributed by atoms with Gasteiger partial charge in [-0.3, -0.25) is 0 Å². The van der Waals surface area contributed by atoms with E-state index in [9.17, 15) is 8.42 Å². The second-order valence-electron chi connectivity index (χ2n) is 11.0. The summed E-state index contributed by atoms with van der Waals surface area (Å²) in [6, 6.07) is 8.23. The minimum atomic E-state index is -2.98. The highest BCUT2D eigenvalue weighted by Crippen LogP contribution is 2.37. The molecule has 2 aliphatic rings. The number of piperidine rings is 1. The first-order valence-electron chi connectivity index (χ1n) is 13.6. The molecule has 2 saturated heterocycles. The average Bonchev–Trinajstić information content (AvgIpc) is 2.88. The van der Waals surface area contributed by atoms with Crippen molar-refractivity contribution in [1.29, 1.82) is 0 Å². The van der Waals surface area contributed by atoms with Crippen molar-refractivity contribution < 1.29 is 18.3 Å². The number of ether oxygens (including phenoxy) is 1. The van der Waals surface area contributed by atoms with Gasteiger partial charge >= 0.3 is 0 Å². The third kappa shape index (κ3) is 6.59. The molecular weight excluding hydrogens is 516 g/mol. The van der Waals surface area contributed by atoms with Gasteiger partial charge in [-0.1, -0.05) is 19.9 Å². The molecule has 0 saturated carbocycles. The number of aliphatic hydroxyl groups is 1. The summed E-state index contributed by atoms with van der Waals surface area (Å²) in [5.74, 6) is 2.79. The summed E-state index contributed by atoms with van der Waals surface area (Å²) in [5, 5.41) is 14.6. The lowest BCUT2D eigenvalue weighted by Gasteiger charge is -2.41. The van der Waals surface area contributed by atoms with Crippen LogP contribution in [0, 0.1) is 5.92 Å². The van der Waals surface area contributed by atoms with Crippen molar-refractivity contribution in [2.75, 3.05) is 66.5 Å². The number of hydrogen-bond acceptors (Lipinski definition) is 10. The van der Waals surface area contributed by atoms with Gasteiger partial charge in [0.2, 0.25) is 5.95 Å². The number of rotatable bonds is 10. The van der Waals surface area contributed by atoms with E-state index >= 15 is 0 Å². The molecule has 10 nitrogen and oxygen atoms in total. The van der Waals surface area contributed by atoms with Gasteiger partial charge in [-0.15, -0.1) is 0 Å². The van der Waals surface area contributed by atoms with E-state index in [1.54, 1.807) is 6.20 Å². The predicted molar refractivity (Wildman–Crippen MR) is 155 cm³/mol. The molecule has 0 bridgehead atoms. The Hall–Kier alpha value is -3.02. The van der Waals surface area contributed by atoms with Crippen LogP contribution in [-0.2, 0) is 14.6 Å². The SMILES string of the molecule is CC(C)c1ccc(N2CC(CS(C)(=O)=O)C2)c2cnc(Nc3ccnc(N4CCC(OCCO)CC4)n3)cc12. The summed E-state index contributed by atoms with van der Waals surface area (Å²) in [4.78, 5) is 18.4. The zero-order chi connectivity index (χ0) is 27.6. The highest BCUT2D eigenvalue weighted by Gasteiger charge is 2.31. The van der Waals surface area contributed by atoms with Gasteiger partial charge < -0.3 is 25.0 Å². The molecule has 0 amide bonds. The monoisotopic (exact) mass is 554 g/mol. The lowest BCUT2D eigenvalue weighted by Crippen LogP contribution is -2.49. The first-order chi connectivity index (χ1) is 18.7. The van der Waals surface area contributed by atoms with E-state index in [4.69, 9.17) is 19.8 Å². The maximum atomic E-state index is 11.7. The van der Waals surface area contributed by atoms with E-state index in [1.165, 1.54) is 11.8 Å². The standard InChI is InChI=1S/C28H38N6O4S/c1-19(2)22-4-5-25(34-16-20(17-34)18-39(3,36)37)24-15-30-27(14-23(22)24)31-26-6-9-29-28(32-26)33-10-7-21(8-11-33)38-13-12-35/h4-6,9,14-15,19-21,35H,7-8,10-13,16-18H2,1-3H3,(H,29,30,31,32). The van der Waals surface area contributed by atoms with Crippen molar-refractivity contribution in [2.24, 2.45) is 5.92 Å². The first kappa shape index (κ1) is 27.5. The van der Waals surface area contributed by atoms with Crippen LogP contribution >= 0.6 is 0 Å². The number of pyridine rings is 1. The summed E-state index contributed by atoms with van der Waals surface area (Å²) in [6.07, 6.45) is 6.88. The van der Waals surface area contributed by atoms with Crippen LogP contribution in [0.4, 0.5) is 23.3 Å². The Morgan fingerprint density at radius 3 is 2.54 bits per heavy atom. The molecule has 5 rings (SSSR count). The second-order valence-corrected chi connectivity index (χ2v) is 13.1. The number of anilines is 4. The number of aromatic nitrogens is 3. The van der Waals surface area contributed by atoms with E-state index < -0.39 is 9.84 Å². The lowest BCUT2D eigenvalue weighted by atomic mass is 9.93. The molecular formula is C28H38N6O4S. The van der Waals surface area contributed by atoms with Crippen LogP contribution in [0.25, 0.3) is 10.8 Å². The fourth-order valence-electron chi connectivity index (χ4n) is 5.54. The summed E-state index contributed by atoms with van der Waals surface area (Å²) in [6.45, 7) is 7.86. The molecule has 2 fully saturated rings. The molecule has 0 atom stereocenters. The van der Waals surface area contributed by atoms with Crippen molar-refractivity contribution in [2.45, 2.75) is 38.7 Å². The Morgan fingerprint density at radius 2 is 1.85 bits per heavy atom. The van der Waals surface area contributed by atoms with Gasteiger partial charge in [0.15, 0.2) is 0 Å². The van der Waals surface area contributed by atoms with Crippen molar-refractivity contribution in [3.63, 3.8) is 0 Å². The van der Waals surface area contributed by atoms with Crippen LogP contribution in [0.3, 0.4) is 0 Å². The number of fused-ring (bicyclic) bond motifs is 1. The van der Waals surface area contributed by atoms with Gasteiger partial charge in [0.25, 0.3) is 0 Å². The predicted octanol–water partition coefficient (Wildman–Crippen LogP) is 3.35. The van der Waals surface area contributed by atoms with Gasteiger partial charge in [-0.25, -0.2) is 18.4 Å². The minimum absolute atomic E-state index is 0.0456. The van der Waals surface area contributed by atoms with E-state index in [2.05, 4.69) is 52.1 Å². The fraction of sp³-hybridized carbons (Fsp3) is 0.536. The highest BCUT2D eigenvalue weighted by molar-refractivity contribution is 7.90. The number of nitrogens with zero attached hydrogens (tertiary/aromatic N) is 5. The van der Waals surface area contributed by atoms with Crippen LogP contribution < -0.4 is 15.1 Å². The van der Waals surface area contributed by atoms with Gasteiger partial charge in [-0.2, -0.15) is 4.98 Å². The van der Waals surface area contributed by atoms with Crippen molar-refractivity contribution in [3.05, 3.63) is 42.2 Å². The van der Waals surface area contributed by atoms with Crippen LogP contribution in [0.5, 0.6) is 0 Å². The molecule has 2 aromatic heterocycles. The Labute approximate surface area is 230 Å². The second kappa shape index (κ2) is 11.6. The summed E-state index contributed by atoms with van der Waals surface area (Å²) >= 11 is 0. The van der Waals surface area contributed by atoms with Crippen molar-refractivity contribution >= 4 is 43.9 Å². The molecule has 0 unspecified atom stereocenters. The average molecular weight is 555 g/mol. The third-order valence-corrected chi connectivity index (χ3v) is 8.52. The van der Waals surface area contributed by atoms with Gasteiger partial charge in [0.05, 0.1) is 25.1 Å². The molecule has 39 heavy (non-hydrogen) atoms. The molecule has 1 aromatic carbocycles. The van der Waals surface area contributed by atoms with E-state index in [0.29, 0.717) is 30.1 Å². The largest absolute Gasteiger partial charge is 0.394 e. The van der Waals surface area contributed by atoms with Crippen LogP contribution in [-0.4, -0.2) is 86.0 Å². The van der Waals surface area contributed by atoms with Crippen molar-refractivity contribution in [3.8, 4) is 0 Å². The molecule has 0 radical (unpaired) electrons. The maximum Gasteiger partial charge on any atom is 0.227 e. The Balaban J connectivity index is 1.33. The van der Waals surface area contributed by atoms with Crippen molar-refractivity contribution in [1.82, 2.24) is 15.0 Å². The first-order valence-corrected chi connectivity index (χ1v) is 15.7. The van der Waals surface area contributed by atoms with Crippen LogP contribution in [0.1, 0.15) is 38.2 Å². The normalized spacial score (nSPS) is 17.2. The maximum absolute atomic E-state index is 11.7. The fourth-order valence-corrected chi connectivity index (χ4v) is 6.60. The summed E-state index contributed by atoms with van der Waals surface area (Å²) in [7, 11) is -2.98. The molecule has 2 N–H and O–H groups in total. The summed E-state index contributed by atoms with van der Waals surface area (Å²) < 4.78 is 29.1. The minimum Gasteiger partial charge on any atom is -0.394 e. The van der Waals surface area contributed by atoms with E-state index in [1.807, 2.05) is 12.3 Å². The molecule has 2 aliphatic heterocycles. The van der Waals surface area contributed by atoms with Gasteiger partial charge in [-0.05, 0) is 47.9 Å². The quantitative estimate of drug-likeness (QED) is 0.386. The Kier molecular flexibility index (Phi) is 8.20. The zero-order valence-electron chi connectivity index (χ0n) is 22.9. The molecule has 0 spiro atoms. The van der Waals surface area contributed by atoms with E-state index in [-0.39, 0.29) is 24.4 Å². The van der Waals surface area contributed by atoms with Gasteiger partial charge in [0, 0.05) is 61.8 Å². The number of nitrogens with one attached hydrogen (secondary N) is 1.